The minimum atomic E-state index is -1.66. The number of rotatable bonds is 1. The normalized spacial score (nSPS) is 28.0. The first-order valence-corrected chi connectivity index (χ1v) is 8.31. The Hall–Kier alpha value is -2.65. The number of hydrogen-bond donors (Lipinski definition) is 1. The van der Waals surface area contributed by atoms with E-state index in [1.165, 1.54) is 0 Å². The van der Waals surface area contributed by atoms with E-state index in [0.717, 1.165) is 11.1 Å². The van der Waals surface area contributed by atoms with E-state index < -0.39 is 17.3 Å². The van der Waals surface area contributed by atoms with E-state index in [2.05, 4.69) is 23.1 Å². The number of nitrogens with one attached hydrogen (secondary N) is 1. The van der Waals surface area contributed by atoms with Gasteiger partial charge in [-0.15, -0.1) is 0 Å². The minimum Gasteiger partial charge on any atom is -0.305 e. The van der Waals surface area contributed by atoms with Gasteiger partial charge in [-0.05, 0) is 30.3 Å². The van der Waals surface area contributed by atoms with Crippen LogP contribution in [0.1, 0.15) is 11.5 Å². The Kier molecular flexibility index (Phi) is 4.36. The summed E-state index contributed by atoms with van der Waals surface area (Å²) in [6.07, 6.45) is 1.97. The first kappa shape index (κ1) is 17.2. The number of halogens is 1. The van der Waals surface area contributed by atoms with Crippen LogP contribution < -0.4 is 0 Å². The quantitative estimate of drug-likeness (QED) is 0.787. The highest BCUT2D eigenvalue weighted by Gasteiger charge is 2.57. The number of nitrogens with zero attached hydrogens (tertiary/aromatic N) is 4. The van der Waals surface area contributed by atoms with Crippen molar-refractivity contribution in [1.29, 1.82) is 21.2 Å². The van der Waals surface area contributed by atoms with Crippen LogP contribution >= 0.6 is 11.6 Å². The number of likely N-dealkylation sites (N-methyl/N-ethyl adjacent to an activating group) is 1. The average Bonchev–Trinajstić information content (AvgIpc) is 2.62. The maximum absolute atomic E-state index is 9.89. The largest absolute Gasteiger partial charge is 0.305 e. The molecule has 3 rings (SSSR count). The number of nitriles is 3. The summed E-state index contributed by atoms with van der Waals surface area (Å²) in [5.74, 6) is -1.50. The van der Waals surface area contributed by atoms with Crippen LogP contribution in [0.15, 0.2) is 35.9 Å². The van der Waals surface area contributed by atoms with Crippen molar-refractivity contribution in [1.82, 2.24) is 4.90 Å². The third kappa shape index (κ3) is 2.52. The van der Waals surface area contributed by atoms with Crippen molar-refractivity contribution in [2.24, 2.45) is 17.3 Å². The third-order valence-electron chi connectivity index (χ3n) is 5.20. The van der Waals surface area contributed by atoms with Crippen LogP contribution in [0.3, 0.4) is 0 Å². The molecule has 0 saturated heterocycles. The summed E-state index contributed by atoms with van der Waals surface area (Å²) in [5, 5.41) is 38.4. The summed E-state index contributed by atoms with van der Waals surface area (Å²) in [6, 6.07) is 13.4. The Morgan fingerprint density at radius 1 is 1.20 bits per heavy atom. The molecule has 1 aromatic rings. The zero-order chi connectivity index (χ0) is 18.2. The van der Waals surface area contributed by atoms with Gasteiger partial charge in [-0.2, -0.15) is 15.8 Å². The maximum atomic E-state index is 9.89. The minimum absolute atomic E-state index is 0.119. The van der Waals surface area contributed by atoms with Crippen LogP contribution in [0.4, 0.5) is 0 Å². The topological polar surface area (TPSA) is 98.5 Å². The molecule has 1 aliphatic heterocycles. The van der Waals surface area contributed by atoms with Gasteiger partial charge in [-0.1, -0.05) is 29.8 Å². The molecule has 0 radical (unpaired) electrons. The van der Waals surface area contributed by atoms with E-state index in [-0.39, 0.29) is 11.6 Å². The molecule has 0 bridgehead atoms. The summed E-state index contributed by atoms with van der Waals surface area (Å²) >= 11 is 5.99. The Labute approximate surface area is 151 Å². The second-order valence-electron chi connectivity index (χ2n) is 6.57. The first-order valence-electron chi connectivity index (χ1n) is 7.93. The lowest BCUT2D eigenvalue weighted by Gasteiger charge is -2.47. The summed E-state index contributed by atoms with van der Waals surface area (Å²) in [5.41, 5.74) is -0.132. The molecule has 3 unspecified atom stereocenters. The van der Waals surface area contributed by atoms with Gasteiger partial charge in [0, 0.05) is 29.9 Å². The molecule has 3 atom stereocenters. The molecule has 1 aromatic carbocycles. The van der Waals surface area contributed by atoms with Gasteiger partial charge in [0.15, 0.2) is 5.41 Å². The highest BCUT2D eigenvalue weighted by atomic mass is 35.5. The highest BCUT2D eigenvalue weighted by Crippen LogP contribution is 2.53. The van der Waals surface area contributed by atoms with E-state index in [1.54, 1.807) is 12.1 Å². The van der Waals surface area contributed by atoms with Crippen molar-refractivity contribution in [3.63, 3.8) is 0 Å². The Morgan fingerprint density at radius 3 is 2.40 bits per heavy atom. The molecule has 1 fully saturated rings. The lowest BCUT2D eigenvalue weighted by Crippen LogP contribution is -2.52. The van der Waals surface area contributed by atoms with Crippen molar-refractivity contribution in [2.75, 3.05) is 20.1 Å². The molecule has 25 heavy (non-hydrogen) atoms. The van der Waals surface area contributed by atoms with Crippen LogP contribution in [0, 0.1) is 56.7 Å². The van der Waals surface area contributed by atoms with E-state index in [0.29, 0.717) is 18.1 Å². The highest BCUT2D eigenvalue weighted by molar-refractivity contribution is 6.30. The Bertz CT molecular complexity index is 851. The van der Waals surface area contributed by atoms with Gasteiger partial charge in [0.25, 0.3) is 0 Å². The smallest absolute Gasteiger partial charge is 0.189 e. The maximum Gasteiger partial charge on any atom is 0.189 e. The Balaban J connectivity index is 2.25. The second-order valence-corrected chi connectivity index (χ2v) is 7.00. The van der Waals surface area contributed by atoms with Crippen molar-refractivity contribution >= 4 is 17.3 Å². The molecule has 0 amide bonds. The number of hydrogen-bond acceptors (Lipinski definition) is 5. The van der Waals surface area contributed by atoms with E-state index >= 15 is 0 Å². The molecule has 0 spiro atoms. The van der Waals surface area contributed by atoms with Gasteiger partial charge in [-0.25, -0.2) is 0 Å². The van der Waals surface area contributed by atoms with Crippen LogP contribution in [0.2, 0.25) is 5.02 Å². The van der Waals surface area contributed by atoms with Crippen molar-refractivity contribution in [3.05, 3.63) is 46.5 Å². The molecule has 5 nitrogen and oxygen atoms in total. The summed E-state index contributed by atoms with van der Waals surface area (Å²) < 4.78 is 0. The fourth-order valence-electron chi connectivity index (χ4n) is 4.00. The predicted octanol–water partition coefficient (Wildman–Crippen LogP) is 3.12. The van der Waals surface area contributed by atoms with Gasteiger partial charge in [0.2, 0.25) is 0 Å². The summed E-state index contributed by atoms with van der Waals surface area (Å²) in [4.78, 5) is 2.10. The van der Waals surface area contributed by atoms with Crippen molar-refractivity contribution in [3.8, 4) is 18.2 Å². The standard InChI is InChI=1S/C19H16ClN5/c1-25-7-6-14-15(8-21)18(24)19(10-22,11-23)17(16(14)9-25)12-2-4-13(20)5-3-12/h2-6,15-17,24H,7,9H2,1H3. The molecule has 1 aliphatic carbocycles. The second kappa shape index (κ2) is 6.34. The number of benzene rings is 1. The SMILES string of the molecule is CN1CC=C2C(C#N)C(=N)C(C#N)(C#N)C(c3ccc(Cl)cc3)C2C1. The van der Waals surface area contributed by atoms with E-state index in [1.807, 2.05) is 25.3 Å². The molecule has 1 heterocycles. The van der Waals surface area contributed by atoms with Crippen LogP contribution in [-0.4, -0.2) is 30.7 Å². The van der Waals surface area contributed by atoms with Crippen LogP contribution in [0.5, 0.6) is 0 Å². The molecule has 1 N–H and O–H groups in total. The van der Waals surface area contributed by atoms with Crippen molar-refractivity contribution < 1.29 is 0 Å². The lowest BCUT2D eigenvalue weighted by molar-refractivity contribution is 0.235. The summed E-state index contributed by atoms with van der Waals surface area (Å²) in [6.45, 7) is 1.33. The first-order chi connectivity index (χ1) is 12.0. The van der Waals surface area contributed by atoms with Gasteiger partial charge in [-0.3, -0.25) is 0 Å². The predicted molar refractivity (Wildman–Crippen MR) is 93.8 cm³/mol. The van der Waals surface area contributed by atoms with E-state index in [9.17, 15) is 15.8 Å². The molecule has 1 saturated carbocycles. The zero-order valence-corrected chi connectivity index (χ0v) is 14.5. The molecular weight excluding hydrogens is 334 g/mol. The van der Waals surface area contributed by atoms with Crippen LogP contribution in [-0.2, 0) is 0 Å². The Morgan fingerprint density at radius 2 is 1.84 bits per heavy atom. The lowest BCUT2D eigenvalue weighted by atomic mass is 9.54. The van der Waals surface area contributed by atoms with Crippen molar-refractivity contribution in [2.45, 2.75) is 5.92 Å². The average molecular weight is 350 g/mol. The molecule has 2 aliphatic rings. The van der Waals surface area contributed by atoms with Gasteiger partial charge in [0.1, 0.15) is 5.92 Å². The summed E-state index contributed by atoms with van der Waals surface area (Å²) in [7, 11) is 1.97. The number of fused-ring (bicyclic) bond motifs is 1. The molecule has 6 heteroatoms. The zero-order valence-electron chi connectivity index (χ0n) is 13.7. The fraction of sp³-hybridized carbons (Fsp3) is 0.368. The van der Waals surface area contributed by atoms with Gasteiger partial charge >= 0.3 is 0 Å². The monoisotopic (exact) mass is 349 g/mol. The van der Waals surface area contributed by atoms with E-state index in [4.69, 9.17) is 17.0 Å². The van der Waals surface area contributed by atoms with Gasteiger partial charge < -0.3 is 10.3 Å². The molecule has 124 valence electrons. The van der Waals surface area contributed by atoms with Crippen LogP contribution in [0.25, 0.3) is 0 Å². The van der Waals surface area contributed by atoms with Gasteiger partial charge in [0.05, 0.1) is 23.9 Å². The molecule has 0 aromatic heterocycles. The third-order valence-corrected chi connectivity index (χ3v) is 5.45. The fourth-order valence-corrected chi connectivity index (χ4v) is 4.12. The molecular formula is C19H16ClN5.